The predicted octanol–water partition coefficient (Wildman–Crippen LogP) is 20.8. The molecule has 0 rings (SSSR count). The van der Waals surface area contributed by atoms with Crippen molar-refractivity contribution in [2.75, 3.05) is 47.5 Å². The number of hydrogen-bond donors (Lipinski definition) is 1. The van der Waals surface area contributed by atoms with Crippen LogP contribution in [0.5, 0.6) is 0 Å². The molecular formula is C68H125NO8P+. The third-order valence-electron chi connectivity index (χ3n) is 14.3. The predicted molar refractivity (Wildman–Crippen MR) is 335 cm³/mol. The number of phosphoric ester groups is 1. The van der Waals surface area contributed by atoms with Gasteiger partial charge in [0.05, 0.1) is 27.7 Å². The minimum Gasteiger partial charge on any atom is -0.462 e. The molecule has 78 heavy (non-hydrogen) atoms. The first kappa shape index (κ1) is 75.5. The average Bonchev–Trinajstić information content (AvgIpc) is 3.41. The van der Waals surface area contributed by atoms with Crippen LogP contribution < -0.4 is 0 Å². The number of unbranched alkanes of at least 4 members (excludes halogenated alkanes) is 34. The molecule has 0 saturated heterocycles. The van der Waals surface area contributed by atoms with Gasteiger partial charge < -0.3 is 18.9 Å². The van der Waals surface area contributed by atoms with Crippen LogP contribution in [-0.2, 0) is 32.7 Å². The summed E-state index contributed by atoms with van der Waals surface area (Å²) in [5.41, 5.74) is 0. The summed E-state index contributed by atoms with van der Waals surface area (Å²) < 4.78 is 34.6. The van der Waals surface area contributed by atoms with Crippen molar-refractivity contribution in [3.05, 3.63) is 72.9 Å². The topological polar surface area (TPSA) is 108 Å². The van der Waals surface area contributed by atoms with Crippen LogP contribution in [0.4, 0.5) is 0 Å². The third-order valence-corrected chi connectivity index (χ3v) is 15.2. The molecular weight excluding hydrogens is 990 g/mol. The number of esters is 2. The molecule has 0 heterocycles. The zero-order valence-corrected chi connectivity index (χ0v) is 52.5. The number of carbonyl (C=O) groups is 2. The normalized spacial score (nSPS) is 13.7. The second kappa shape index (κ2) is 59.1. The Bertz CT molecular complexity index is 1550. The summed E-state index contributed by atoms with van der Waals surface area (Å²) in [5.74, 6) is -0.783. The molecule has 1 N–H and O–H groups in total. The van der Waals surface area contributed by atoms with E-state index in [9.17, 15) is 19.0 Å². The quantitative estimate of drug-likeness (QED) is 0.0211. The molecule has 0 aromatic rings. The van der Waals surface area contributed by atoms with Crippen LogP contribution in [-0.4, -0.2) is 74.9 Å². The van der Waals surface area contributed by atoms with E-state index < -0.39 is 26.5 Å². The van der Waals surface area contributed by atoms with Gasteiger partial charge in [0, 0.05) is 12.8 Å². The number of likely N-dealkylation sites (N-methyl/N-ethyl adjacent to an activating group) is 1. The van der Waals surface area contributed by atoms with Crippen molar-refractivity contribution in [1.29, 1.82) is 0 Å². The summed E-state index contributed by atoms with van der Waals surface area (Å²) >= 11 is 0. The summed E-state index contributed by atoms with van der Waals surface area (Å²) in [6.45, 7) is 4.36. The highest BCUT2D eigenvalue weighted by Crippen LogP contribution is 2.43. The summed E-state index contributed by atoms with van der Waals surface area (Å²) in [4.78, 5) is 35.7. The summed E-state index contributed by atoms with van der Waals surface area (Å²) in [7, 11) is 1.49. The standard InChI is InChI=1S/C68H124NO8P/c1-6-8-10-12-14-16-18-20-22-23-24-25-26-27-28-29-30-31-32-33-34-35-36-37-38-39-40-41-42-43-44-45-47-49-51-53-55-57-59-61-68(71)77-66(65-76-78(72,73)75-63-62-69(3,4)5)64-74-67(70)60-58-56-54-52-50-48-46-21-19-17-15-13-11-9-7-2/h8,10,14,16,20,22,24-25,27-28,30-31,66H,6-7,9,11-13,15,17-19,21,23,26,29,32-65H2,1-5H3/p+1/b10-8-,16-14-,22-20-,25-24-,28-27-,31-30-. The molecule has 0 radical (unpaired) electrons. The lowest BCUT2D eigenvalue weighted by atomic mass is 10.0. The van der Waals surface area contributed by atoms with E-state index in [2.05, 4.69) is 86.8 Å². The molecule has 0 bridgehead atoms. The van der Waals surface area contributed by atoms with Gasteiger partial charge in [0.1, 0.15) is 19.8 Å². The van der Waals surface area contributed by atoms with Crippen molar-refractivity contribution in [2.24, 2.45) is 0 Å². The molecule has 0 aromatic heterocycles. The van der Waals surface area contributed by atoms with Crippen molar-refractivity contribution in [2.45, 2.75) is 302 Å². The Morgan fingerprint density at radius 1 is 0.410 bits per heavy atom. The number of allylic oxidation sites excluding steroid dienone is 12. The molecule has 10 heteroatoms. The molecule has 0 spiro atoms. The number of phosphoric acid groups is 1. The minimum absolute atomic E-state index is 0.0333. The van der Waals surface area contributed by atoms with Gasteiger partial charge in [0.15, 0.2) is 6.10 Å². The van der Waals surface area contributed by atoms with Gasteiger partial charge in [0.2, 0.25) is 0 Å². The van der Waals surface area contributed by atoms with E-state index in [-0.39, 0.29) is 25.6 Å². The Balaban J connectivity index is 3.94. The highest BCUT2D eigenvalue weighted by atomic mass is 31.2. The Hall–Kier alpha value is -2.55. The maximum atomic E-state index is 12.8. The Labute approximate surface area is 482 Å². The molecule has 0 fully saturated rings. The Morgan fingerprint density at radius 2 is 0.731 bits per heavy atom. The van der Waals surface area contributed by atoms with Gasteiger partial charge in [-0.2, -0.15) is 0 Å². The van der Waals surface area contributed by atoms with Crippen LogP contribution >= 0.6 is 7.82 Å². The Kier molecular flexibility index (Phi) is 57.2. The van der Waals surface area contributed by atoms with Gasteiger partial charge >= 0.3 is 19.8 Å². The first-order valence-electron chi connectivity index (χ1n) is 32.7. The lowest BCUT2D eigenvalue weighted by molar-refractivity contribution is -0.870. The van der Waals surface area contributed by atoms with Crippen LogP contribution in [0.1, 0.15) is 296 Å². The van der Waals surface area contributed by atoms with E-state index in [1.807, 2.05) is 21.1 Å². The van der Waals surface area contributed by atoms with Crippen molar-refractivity contribution < 1.29 is 42.1 Å². The maximum Gasteiger partial charge on any atom is 0.472 e. The van der Waals surface area contributed by atoms with Crippen LogP contribution in [0.15, 0.2) is 72.9 Å². The fourth-order valence-corrected chi connectivity index (χ4v) is 10.00. The highest BCUT2D eigenvalue weighted by Gasteiger charge is 2.27. The SMILES string of the molecule is CC/C=C\C/C=C\C/C=C\C/C=C\C/C=C\C/C=C\CCCCCCCCCCCCCCCCCCCCCCC(=O)OC(COC(=O)CCCCCCCCCCCCCCCCC)COP(=O)(O)OCC[N+](C)(C)C. The fourth-order valence-electron chi connectivity index (χ4n) is 9.26. The van der Waals surface area contributed by atoms with Gasteiger partial charge in [-0.1, -0.05) is 292 Å². The smallest absolute Gasteiger partial charge is 0.462 e. The monoisotopic (exact) mass is 1110 g/mol. The molecule has 0 saturated carbocycles. The second-order valence-corrected chi connectivity index (χ2v) is 24.6. The molecule has 0 aliphatic rings. The zero-order chi connectivity index (χ0) is 57.0. The number of rotatable bonds is 60. The highest BCUT2D eigenvalue weighted by molar-refractivity contribution is 7.47. The van der Waals surface area contributed by atoms with Gasteiger partial charge in [-0.3, -0.25) is 18.6 Å². The van der Waals surface area contributed by atoms with Crippen LogP contribution in [0, 0.1) is 0 Å². The van der Waals surface area contributed by atoms with Gasteiger partial charge in [0.25, 0.3) is 0 Å². The first-order valence-corrected chi connectivity index (χ1v) is 34.2. The van der Waals surface area contributed by atoms with Crippen molar-refractivity contribution in [3.8, 4) is 0 Å². The number of hydrogen-bond acceptors (Lipinski definition) is 7. The number of quaternary nitrogens is 1. The average molecular weight is 1120 g/mol. The molecule has 9 nitrogen and oxygen atoms in total. The fraction of sp³-hybridized carbons (Fsp3) is 0.794. The summed E-state index contributed by atoms with van der Waals surface area (Å²) in [5, 5.41) is 0. The van der Waals surface area contributed by atoms with Crippen molar-refractivity contribution in [1.82, 2.24) is 0 Å². The molecule has 2 atom stereocenters. The number of nitrogens with zero attached hydrogens (tertiary/aromatic N) is 1. The number of carbonyl (C=O) groups excluding carboxylic acids is 2. The largest absolute Gasteiger partial charge is 0.472 e. The minimum atomic E-state index is -4.38. The lowest BCUT2D eigenvalue weighted by Gasteiger charge is -2.24. The van der Waals surface area contributed by atoms with Gasteiger partial charge in [-0.15, -0.1) is 0 Å². The lowest BCUT2D eigenvalue weighted by Crippen LogP contribution is -2.37. The van der Waals surface area contributed by atoms with Crippen LogP contribution in [0.2, 0.25) is 0 Å². The molecule has 0 aromatic carbocycles. The second-order valence-electron chi connectivity index (χ2n) is 23.1. The van der Waals surface area contributed by atoms with E-state index in [0.29, 0.717) is 23.9 Å². The van der Waals surface area contributed by atoms with Gasteiger partial charge in [-0.25, -0.2) is 4.57 Å². The Morgan fingerprint density at radius 3 is 1.09 bits per heavy atom. The molecule has 454 valence electrons. The molecule has 0 aliphatic carbocycles. The summed E-state index contributed by atoms with van der Waals surface area (Å²) in [6.07, 6.45) is 78.6. The molecule has 0 amide bonds. The number of ether oxygens (including phenoxy) is 2. The van der Waals surface area contributed by atoms with E-state index in [1.165, 1.54) is 193 Å². The van der Waals surface area contributed by atoms with Crippen molar-refractivity contribution in [3.63, 3.8) is 0 Å². The summed E-state index contributed by atoms with van der Waals surface area (Å²) in [6, 6.07) is 0. The maximum absolute atomic E-state index is 12.8. The van der Waals surface area contributed by atoms with E-state index in [0.717, 1.165) is 70.6 Å². The van der Waals surface area contributed by atoms with E-state index in [1.54, 1.807) is 0 Å². The molecule has 2 unspecified atom stereocenters. The van der Waals surface area contributed by atoms with Crippen molar-refractivity contribution >= 4 is 19.8 Å². The molecule has 0 aliphatic heterocycles. The third kappa shape index (κ3) is 62.6. The van der Waals surface area contributed by atoms with E-state index in [4.69, 9.17) is 18.5 Å². The van der Waals surface area contributed by atoms with E-state index >= 15 is 0 Å². The zero-order valence-electron chi connectivity index (χ0n) is 51.6. The first-order chi connectivity index (χ1) is 38.0. The van der Waals surface area contributed by atoms with Gasteiger partial charge in [-0.05, 0) is 64.2 Å². The van der Waals surface area contributed by atoms with Crippen LogP contribution in [0.25, 0.3) is 0 Å². The van der Waals surface area contributed by atoms with Crippen LogP contribution in [0.3, 0.4) is 0 Å².